The van der Waals surface area contributed by atoms with Gasteiger partial charge in [-0.2, -0.15) is 30.4 Å². The molecule has 0 spiro atoms. The van der Waals surface area contributed by atoms with Crippen molar-refractivity contribution in [1.29, 1.82) is 0 Å². The molecule has 0 radical (unpaired) electrons. The van der Waals surface area contributed by atoms with E-state index in [4.69, 9.17) is 8.92 Å². The Hall–Kier alpha value is -2.73. The van der Waals surface area contributed by atoms with E-state index in [1.54, 1.807) is 19.1 Å². The molecule has 2 aromatic carbocycles. The van der Waals surface area contributed by atoms with Crippen LogP contribution in [0, 0.1) is 12.8 Å². The number of fused-ring (bicyclic) bond motifs is 2. The standard InChI is InChI=1S/C23H22F5NO5S/c1-14-3-9-18(10-4-14)35(31,32)34-21(22(24,25)23(26,27)28)12-16-11-19(21)29(20(16)30)13-15-5-7-17(33-2)8-6-15/h3-10,16,19H,11-13H2,1-2H3/t16-,19+,21-/m1/s1. The predicted octanol–water partition coefficient (Wildman–Crippen LogP) is 4.47. The van der Waals surface area contributed by atoms with E-state index < -0.39 is 57.0 Å². The Bertz CT molecular complexity index is 1210. The summed E-state index contributed by atoms with van der Waals surface area (Å²) in [4.78, 5) is 13.1. The lowest BCUT2D eigenvalue weighted by Crippen LogP contribution is -2.68. The van der Waals surface area contributed by atoms with Gasteiger partial charge in [-0.25, -0.2) is 0 Å². The van der Waals surface area contributed by atoms with Crippen molar-refractivity contribution in [3.8, 4) is 5.75 Å². The van der Waals surface area contributed by atoms with Crippen LogP contribution in [0.3, 0.4) is 0 Å². The fourth-order valence-electron chi connectivity index (χ4n) is 4.78. The highest BCUT2D eigenvalue weighted by Gasteiger charge is 2.80. The van der Waals surface area contributed by atoms with Crippen LogP contribution >= 0.6 is 0 Å². The van der Waals surface area contributed by atoms with Crippen LogP contribution in [0.5, 0.6) is 5.75 Å². The Kier molecular flexibility index (Phi) is 6.12. The largest absolute Gasteiger partial charge is 0.497 e. The first kappa shape index (κ1) is 25.4. The van der Waals surface area contributed by atoms with Crippen LogP contribution in [0.25, 0.3) is 0 Å². The van der Waals surface area contributed by atoms with Crippen molar-refractivity contribution >= 4 is 16.0 Å². The van der Waals surface area contributed by atoms with Gasteiger partial charge in [0.05, 0.1) is 18.0 Å². The van der Waals surface area contributed by atoms with E-state index in [1.807, 2.05) is 0 Å². The van der Waals surface area contributed by atoms with Gasteiger partial charge in [0.25, 0.3) is 10.1 Å². The molecule has 2 bridgehead atoms. The number of hydrogen-bond donors (Lipinski definition) is 0. The number of halogens is 5. The molecule has 1 aliphatic carbocycles. The van der Waals surface area contributed by atoms with Gasteiger partial charge in [-0.05, 0) is 49.6 Å². The minimum Gasteiger partial charge on any atom is -0.497 e. The summed E-state index contributed by atoms with van der Waals surface area (Å²) in [5.41, 5.74) is -2.42. The number of carbonyl (C=O) groups excluding carboxylic acids is 1. The second-order valence-electron chi connectivity index (χ2n) is 8.78. The number of aryl methyl sites for hydroxylation is 1. The average Bonchev–Trinajstić information content (AvgIpc) is 3.30. The second-order valence-corrected chi connectivity index (χ2v) is 10.3. The Morgan fingerprint density at radius 3 is 2.14 bits per heavy atom. The van der Waals surface area contributed by atoms with Crippen LogP contribution < -0.4 is 4.74 Å². The molecule has 4 rings (SSSR count). The van der Waals surface area contributed by atoms with E-state index in [-0.39, 0.29) is 13.0 Å². The molecule has 0 unspecified atom stereocenters. The van der Waals surface area contributed by atoms with E-state index >= 15 is 8.78 Å². The number of carbonyl (C=O) groups is 1. The number of amides is 1. The van der Waals surface area contributed by atoms with Crippen LogP contribution in [0.1, 0.15) is 24.0 Å². The topological polar surface area (TPSA) is 72.9 Å². The molecule has 0 aromatic heterocycles. The van der Waals surface area contributed by atoms with Crippen LogP contribution in [0.4, 0.5) is 22.0 Å². The number of hydrogen-bond acceptors (Lipinski definition) is 5. The molecule has 1 heterocycles. The second kappa shape index (κ2) is 8.44. The van der Waals surface area contributed by atoms with Crippen LogP contribution in [-0.4, -0.2) is 50.1 Å². The number of nitrogens with zero attached hydrogens (tertiary/aromatic N) is 1. The van der Waals surface area contributed by atoms with E-state index in [2.05, 4.69) is 0 Å². The summed E-state index contributed by atoms with van der Waals surface area (Å²) in [5, 5.41) is 0. The molecule has 12 heteroatoms. The van der Waals surface area contributed by atoms with Crippen molar-refractivity contribution in [2.75, 3.05) is 7.11 Å². The van der Waals surface area contributed by atoms with Gasteiger partial charge in [0, 0.05) is 12.5 Å². The molecular weight excluding hydrogens is 497 g/mol. The van der Waals surface area contributed by atoms with Gasteiger partial charge < -0.3 is 9.64 Å². The van der Waals surface area contributed by atoms with Crippen molar-refractivity contribution in [2.24, 2.45) is 5.92 Å². The molecule has 3 atom stereocenters. The Labute approximate surface area is 198 Å². The van der Waals surface area contributed by atoms with Crippen LogP contribution in [0.2, 0.25) is 0 Å². The first-order chi connectivity index (χ1) is 16.2. The number of rotatable bonds is 7. The number of alkyl halides is 5. The fourth-order valence-corrected chi connectivity index (χ4v) is 6.03. The molecule has 1 amide bonds. The van der Waals surface area contributed by atoms with Gasteiger partial charge in [0.15, 0.2) is 5.60 Å². The summed E-state index contributed by atoms with van der Waals surface area (Å²) in [6.07, 6.45) is -7.58. The van der Waals surface area contributed by atoms with E-state index in [0.29, 0.717) is 16.9 Å². The molecule has 2 aromatic rings. The first-order valence-corrected chi connectivity index (χ1v) is 12.0. The lowest BCUT2D eigenvalue weighted by Gasteiger charge is -2.46. The normalized spacial score (nSPS) is 24.8. The third-order valence-electron chi connectivity index (χ3n) is 6.57. The number of methoxy groups -OCH3 is 1. The molecule has 1 saturated heterocycles. The predicted molar refractivity (Wildman–Crippen MR) is 113 cm³/mol. The van der Waals surface area contributed by atoms with Crippen LogP contribution in [-0.2, 0) is 25.6 Å². The summed E-state index contributed by atoms with van der Waals surface area (Å²) in [6, 6.07) is 9.20. The monoisotopic (exact) mass is 519 g/mol. The van der Waals surface area contributed by atoms with E-state index in [0.717, 1.165) is 17.0 Å². The third-order valence-corrected chi connectivity index (χ3v) is 7.94. The van der Waals surface area contributed by atoms with E-state index in [9.17, 15) is 26.4 Å². The van der Waals surface area contributed by atoms with Crippen molar-refractivity contribution < 1.29 is 44.1 Å². The lowest BCUT2D eigenvalue weighted by atomic mass is 9.85. The highest BCUT2D eigenvalue weighted by Crippen LogP contribution is 2.59. The van der Waals surface area contributed by atoms with Crippen molar-refractivity contribution in [1.82, 2.24) is 4.90 Å². The molecule has 1 saturated carbocycles. The average molecular weight is 519 g/mol. The van der Waals surface area contributed by atoms with Gasteiger partial charge in [-0.3, -0.25) is 8.98 Å². The SMILES string of the molecule is COc1ccc(CN2C(=O)[C@@H]3C[C@H]2[C@@](OS(=O)(=O)c2ccc(C)cc2)(C(F)(F)C(F)(F)F)C3)cc1. The maximum Gasteiger partial charge on any atom is 0.456 e. The summed E-state index contributed by atoms with van der Waals surface area (Å²) in [6.45, 7) is 1.35. The molecule has 35 heavy (non-hydrogen) atoms. The molecule has 1 aliphatic heterocycles. The van der Waals surface area contributed by atoms with Gasteiger partial charge >= 0.3 is 12.1 Å². The zero-order valence-corrected chi connectivity index (χ0v) is 19.5. The smallest absolute Gasteiger partial charge is 0.456 e. The molecule has 0 N–H and O–H groups in total. The van der Waals surface area contributed by atoms with Crippen molar-refractivity contribution in [2.45, 2.75) is 54.9 Å². The third kappa shape index (κ3) is 4.16. The molecule has 190 valence electrons. The minimum absolute atomic E-state index is 0.298. The van der Waals surface area contributed by atoms with Crippen LogP contribution in [0.15, 0.2) is 53.4 Å². The number of piperidine rings is 1. The van der Waals surface area contributed by atoms with Gasteiger partial charge in [0.1, 0.15) is 5.75 Å². The Morgan fingerprint density at radius 1 is 1.03 bits per heavy atom. The highest BCUT2D eigenvalue weighted by molar-refractivity contribution is 7.86. The molecular formula is C23H22F5NO5S. The summed E-state index contributed by atoms with van der Waals surface area (Å²) < 4.78 is 107. The minimum atomic E-state index is -6.12. The van der Waals surface area contributed by atoms with Crippen molar-refractivity contribution in [3.05, 3.63) is 59.7 Å². The number of ether oxygens (including phenoxy) is 1. The van der Waals surface area contributed by atoms with Gasteiger partial charge in [0.2, 0.25) is 5.91 Å². The summed E-state index contributed by atoms with van der Waals surface area (Å²) in [5.74, 6) is -6.94. The van der Waals surface area contributed by atoms with E-state index in [1.165, 1.54) is 31.4 Å². The maximum atomic E-state index is 15.1. The molecule has 2 aliphatic rings. The molecule has 6 nitrogen and oxygen atoms in total. The van der Waals surface area contributed by atoms with Gasteiger partial charge in [-0.15, -0.1) is 0 Å². The lowest BCUT2D eigenvalue weighted by molar-refractivity contribution is -0.343. The first-order valence-electron chi connectivity index (χ1n) is 10.6. The molecule has 2 fully saturated rings. The Balaban J connectivity index is 1.76. The number of benzene rings is 2. The summed E-state index contributed by atoms with van der Waals surface area (Å²) >= 11 is 0. The maximum absolute atomic E-state index is 15.1. The Morgan fingerprint density at radius 2 is 1.63 bits per heavy atom. The summed E-state index contributed by atoms with van der Waals surface area (Å²) in [7, 11) is -3.61. The van der Waals surface area contributed by atoms with Crippen molar-refractivity contribution in [3.63, 3.8) is 0 Å². The number of likely N-dealkylation sites (tertiary alicyclic amines) is 1. The van der Waals surface area contributed by atoms with Gasteiger partial charge in [-0.1, -0.05) is 29.8 Å². The quantitative estimate of drug-likeness (QED) is 0.399. The zero-order chi connectivity index (χ0) is 25.8. The zero-order valence-electron chi connectivity index (χ0n) is 18.7. The fraction of sp³-hybridized carbons (Fsp3) is 0.435. The highest BCUT2D eigenvalue weighted by atomic mass is 32.2.